The normalized spacial score (nSPS) is 12.8. The van der Waals surface area contributed by atoms with E-state index in [1.807, 2.05) is 68.4 Å². The minimum absolute atomic E-state index is 0.0286. The molecule has 3 amide bonds. The maximum atomic E-state index is 12.5. The lowest BCUT2D eigenvalue weighted by Gasteiger charge is -2.27. The molecule has 0 spiro atoms. The van der Waals surface area contributed by atoms with Gasteiger partial charge in [-0.25, -0.2) is 4.79 Å². The quantitative estimate of drug-likeness (QED) is 0.861. The fourth-order valence-electron chi connectivity index (χ4n) is 2.59. The van der Waals surface area contributed by atoms with Crippen molar-refractivity contribution in [2.75, 3.05) is 12.4 Å². The average molecular weight is 339 g/mol. The van der Waals surface area contributed by atoms with Crippen LogP contribution >= 0.6 is 0 Å². The van der Waals surface area contributed by atoms with E-state index in [0.29, 0.717) is 0 Å². The highest BCUT2D eigenvalue weighted by molar-refractivity contribution is 5.88. The molecule has 25 heavy (non-hydrogen) atoms. The number of amides is 3. The average Bonchev–Trinajstić information content (AvgIpc) is 2.60. The van der Waals surface area contributed by atoms with Gasteiger partial charge in [0.05, 0.1) is 12.1 Å². The first-order valence-electron chi connectivity index (χ1n) is 8.34. The monoisotopic (exact) mass is 339 g/mol. The van der Waals surface area contributed by atoms with Crippen LogP contribution in [0.5, 0.6) is 0 Å². The lowest BCUT2D eigenvalue weighted by molar-refractivity contribution is -0.114. The molecule has 0 heterocycles. The van der Waals surface area contributed by atoms with Crippen LogP contribution in [-0.4, -0.2) is 23.9 Å². The van der Waals surface area contributed by atoms with Gasteiger partial charge < -0.3 is 15.5 Å². The highest BCUT2D eigenvalue weighted by Crippen LogP contribution is 2.21. The van der Waals surface area contributed by atoms with E-state index in [4.69, 9.17) is 0 Å². The molecule has 2 aromatic carbocycles. The molecule has 0 unspecified atom stereocenters. The largest absolute Gasteiger partial charge is 0.331 e. The number of carbonyl (C=O) groups excluding carboxylic acids is 2. The standard InChI is InChI=1S/C20H25N3O2/c1-14(18-11-8-12-19(13-18)22-16(3)24)21-20(25)23(4)15(2)17-9-6-5-7-10-17/h5-15H,1-4H3,(H,21,25)(H,22,24)/t14-,15-/m0/s1. The predicted octanol–water partition coefficient (Wildman–Crippen LogP) is 4.11. The summed E-state index contributed by atoms with van der Waals surface area (Å²) < 4.78 is 0. The Balaban J connectivity index is 2.03. The van der Waals surface area contributed by atoms with Gasteiger partial charge in [0, 0.05) is 19.7 Å². The van der Waals surface area contributed by atoms with Crippen LogP contribution in [0.15, 0.2) is 54.6 Å². The maximum absolute atomic E-state index is 12.5. The second kappa shape index (κ2) is 8.33. The summed E-state index contributed by atoms with van der Waals surface area (Å²) in [5.74, 6) is -0.120. The first-order chi connectivity index (χ1) is 11.9. The summed E-state index contributed by atoms with van der Waals surface area (Å²) in [6.07, 6.45) is 0. The molecule has 0 aliphatic heterocycles. The molecule has 2 atom stereocenters. The SMILES string of the molecule is CC(=O)Nc1cccc([C@H](C)NC(=O)N(C)[C@@H](C)c2ccccc2)c1. The molecule has 2 N–H and O–H groups in total. The zero-order valence-corrected chi connectivity index (χ0v) is 15.1. The third-order valence-electron chi connectivity index (χ3n) is 4.23. The first kappa shape index (κ1) is 18.5. The molecule has 0 bridgehead atoms. The second-order valence-electron chi connectivity index (χ2n) is 6.18. The summed E-state index contributed by atoms with van der Waals surface area (Å²) in [4.78, 5) is 25.4. The molecule has 2 rings (SSSR count). The van der Waals surface area contributed by atoms with Crippen LogP contribution in [0.25, 0.3) is 0 Å². The number of nitrogens with zero attached hydrogens (tertiary/aromatic N) is 1. The van der Waals surface area contributed by atoms with E-state index < -0.39 is 0 Å². The number of benzene rings is 2. The minimum atomic E-state index is -0.174. The van der Waals surface area contributed by atoms with Gasteiger partial charge in [-0.1, -0.05) is 42.5 Å². The van der Waals surface area contributed by atoms with Crippen LogP contribution in [-0.2, 0) is 4.79 Å². The number of urea groups is 1. The molecule has 0 saturated carbocycles. The summed E-state index contributed by atoms with van der Waals surface area (Å²) in [7, 11) is 1.79. The predicted molar refractivity (Wildman–Crippen MR) is 100 cm³/mol. The Hall–Kier alpha value is -2.82. The van der Waals surface area contributed by atoms with Gasteiger partial charge in [-0.2, -0.15) is 0 Å². The molecule has 5 nitrogen and oxygen atoms in total. The van der Waals surface area contributed by atoms with Crippen molar-refractivity contribution in [3.8, 4) is 0 Å². The number of carbonyl (C=O) groups is 2. The molecule has 2 aromatic rings. The van der Waals surface area contributed by atoms with Gasteiger partial charge >= 0.3 is 6.03 Å². The zero-order chi connectivity index (χ0) is 18.4. The number of hydrogen-bond acceptors (Lipinski definition) is 2. The molecule has 0 aliphatic carbocycles. The molecular weight excluding hydrogens is 314 g/mol. The molecule has 0 saturated heterocycles. The third-order valence-corrected chi connectivity index (χ3v) is 4.23. The summed E-state index contributed by atoms with van der Waals surface area (Å²) in [5.41, 5.74) is 2.73. The fraction of sp³-hybridized carbons (Fsp3) is 0.300. The van der Waals surface area contributed by atoms with E-state index in [-0.39, 0.29) is 24.0 Å². The van der Waals surface area contributed by atoms with Crippen molar-refractivity contribution in [2.45, 2.75) is 32.9 Å². The summed E-state index contributed by atoms with van der Waals surface area (Å²) >= 11 is 0. The fourth-order valence-corrected chi connectivity index (χ4v) is 2.59. The van der Waals surface area contributed by atoms with Gasteiger partial charge in [-0.3, -0.25) is 4.79 Å². The molecule has 0 aromatic heterocycles. The van der Waals surface area contributed by atoms with Crippen LogP contribution in [0.4, 0.5) is 10.5 Å². The Morgan fingerprint density at radius 3 is 2.24 bits per heavy atom. The molecule has 5 heteroatoms. The van der Waals surface area contributed by atoms with Gasteiger partial charge in [-0.15, -0.1) is 0 Å². The van der Waals surface area contributed by atoms with Gasteiger partial charge in [0.2, 0.25) is 5.91 Å². The number of hydrogen-bond donors (Lipinski definition) is 2. The smallest absolute Gasteiger partial charge is 0.318 e. The van der Waals surface area contributed by atoms with Crippen molar-refractivity contribution in [1.82, 2.24) is 10.2 Å². The number of anilines is 1. The van der Waals surface area contributed by atoms with Crippen LogP contribution in [0.2, 0.25) is 0 Å². The Kier molecular flexibility index (Phi) is 6.17. The highest BCUT2D eigenvalue weighted by Gasteiger charge is 2.19. The molecular formula is C20H25N3O2. The summed E-state index contributed by atoms with van der Waals surface area (Å²) in [5, 5.41) is 5.76. The molecule has 0 fully saturated rings. The van der Waals surface area contributed by atoms with E-state index in [1.54, 1.807) is 11.9 Å². The van der Waals surface area contributed by atoms with Crippen molar-refractivity contribution in [3.05, 3.63) is 65.7 Å². The number of rotatable bonds is 5. The third kappa shape index (κ3) is 5.08. The maximum Gasteiger partial charge on any atom is 0.318 e. The van der Waals surface area contributed by atoms with Gasteiger partial charge in [0.25, 0.3) is 0 Å². The van der Waals surface area contributed by atoms with Crippen molar-refractivity contribution < 1.29 is 9.59 Å². The lowest BCUT2D eigenvalue weighted by Crippen LogP contribution is -2.39. The Bertz CT molecular complexity index is 731. The lowest BCUT2D eigenvalue weighted by atomic mass is 10.1. The Morgan fingerprint density at radius 2 is 1.60 bits per heavy atom. The molecule has 0 aliphatic rings. The van der Waals surface area contributed by atoms with Crippen LogP contribution in [0.1, 0.15) is 44.0 Å². The van der Waals surface area contributed by atoms with E-state index in [0.717, 1.165) is 16.8 Å². The Labute approximate surface area is 149 Å². The Morgan fingerprint density at radius 1 is 0.960 bits per heavy atom. The van der Waals surface area contributed by atoms with Gasteiger partial charge in [0.15, 0.2) is 0 Å². The van der Waals surface area contributed by atoms with Crippen LogP contribution in [0.3, 0.4) is 0 Å². The van der Waals surface area contributed by atoms with Gasteiger partial charge in [0.1, 0.15) is 0 Å². The van der Waals surface area contributed by atoms with Crippen molar-refractivity contribution in [3.63, 3.8) is 0 Å². The van der Waals surface area contributed by atoms with Gasteiger partial charge in [-0.05, 0) is 37.1 Å². The van der Waals surface area contributed by atoms with Crippen molar-refractivity contribution in [1.29, 1.82) is 0 Å². The minimum Gasteiger partial charge on any atom is -0.331 e. The van der Waals surface area contributed by atoms with Crippen molar-refractivity contribution >= 4 is 17.6 Å². The second-order valence-corrected chi connectivity index (χ2v) is 6.18. The van der Waals surface area contributed by atoms with E-state index in [9.17, 15) is 9.59 Å². The van der Waals surface area contributed by atoms with Crippen LogP contribution in [0, 0.1) is 0 Å². The zero-order valence-electron chi connectivity index (χ0n) is 15.1. The van der Waals surface area contributed by atoms with E-state index >= 15 is 0 Å². The van der Waals surface area contributed by atoms with E-state index in [2.05, 4.69) is 10.6 Å². The number of nitrogens with one attached hydrogen (secondary N) is 2. The summed E-state index contributed by atoms with van der Waals surface area (Å²) in [6.45, 7) is 5.39. The molecule has 132 valence electrons. The van der Waals surface area contributed by atoms with Crippen LogP contribution < -0.4 is 10.6 Å². The van der Waals surface area contributed by atoms with E-state index in [1.165, 1.54) is 6.92 Å². The van der Waals surface area contributed by atoms with Crippen molar-refractivity contribution in [2.24, 2.45) is 0 Å². The first-order valence-corrected chi connectivity index (χ1v) is 8.34. The molecule has 0 radical (unpaired) electrons. The summed E-state index contributed by atoms with van der Waals surface area (Å²) in [6, 6.07) is 17.0. The highest BCUT2D eigenvalue weighted by atomic mass is 16.2. The topological polar surface area (TPSA) is 61.4 Å².